The number of hydrogen-bond donors (Lipinski definition) is 1. The minimum absolute atomic E-state index is 0.367. The molecule has 0 saturated carbocycles. The first-order valence-electron chi connectivity index (χ1n) is 13.1. The van der Waals surface area contributed by atoms with Crippen molar-refractivity contribution in [2.24, 2.45) is 0 Å². The lowest BCUT2D eigenvalue weighted by atomic mass is 10.0. The molecule has 6 rings (SSSR count). The smallest absolute Gasteiger partial charge is 0.0684 e. The van der Waals surface area contributed by atoms with Crippen molar-refractivity contribution >= 4 is 36.8 Å². The van der Waals surface area contributed by atoms with Crippen LogP contribution in [0, 0.1) is 0 Å². The first-order valence-corrected chi connectivity index (χ1v) is 14.1. The summed E-state index contributed by atoms with van der Waals surface area (Å²) in [4.78, 5) is 0. The maximum atomic E-state index is 3.65. The lowest BCUT2D eigenvalue weighted by molar-refractivity contribution is 1.41. The van der Waals surface area contributed by atoms with Crippen molar-refractivity contribution < 1.29 is 0 Å². The molecule has 1 unspecified atom stereocenters. The molecule has 188 valence electrons. The van der Waals surface area contributed by atoms with Gasteiger partial charge in [-0.2, -0.15) is 0 Å². The molecular formula is C36H29N2P. The van der Waals surface area contributed by atoms with Crippen molar-refractivity contribution in [2.75, 3.05) is 9.99 Å². The van der Waals surface area contributed by atoms with Crippen molar-refractivity contribution in [3.63, 3.8) is 0 Å². The molecule has 2 nitrogen and oxygen atoms in total. The van der Waals surface area contributed by atoms with Gasteiger partial charge in [-0.3, -0.25) is 0 Å². The first-order chi connectivity index (χ1) is 19.3. The van der Waals surface area contributed by atoms with E-state index in [0.717, 1.165) is 22.7 Å². The Kier molecular flexibility index (Phi) is 7.47. The molecule has 0 fully saturated rings. The minimum atomic E-state index is 0.367. The Labute approximate surface area is 232 Å². The number of rotatable bonds is 8. The van der Waals surface area contributed by atoms with Gasteiger partial charge < -0.3 is 9.99 Å². The summed E-state index contributed by atoms with van der Waals surface area (Å²) in [7, 11) is 0.367. The maximum Gasteiger partial charge on any atom is 0.0684 e. The van der Waals surface area contributed by atoms with E-state index < -0.39 is 0 Å². The van der Waals surface area contributed by atoms with Gasteiger partial charge in [-0.25, -0.2) is 0 Å². The second-order valence-corrected chi connectivity index (χ2v) is 10.5. The zero-order valence-electron chi connectivity index (χ0n) is 21.5. The normalized spacial score (nSPS) is 11.0. The van der Waals surface area contributed by atoms with E-state index in [2.05, 4.69) is 168 Å². The van der Waals surface area contributed by atoms with E-state index in [-0.39, 0.29) is 0 Å². The summed E-state index contributed by atoms with van der Waals surface area (Å²) in [6.07, 6.45) is 0. The van der Waals surface area contributed by atoms with Crippen LogP contribution in [0.2, 0.25) is 0 Å². The summed E-state index contributed by atoms with van der Waals surface area (Å²) in [5.74, 6) is 0. The second-order valence-electron chi connectivity index (χ2n) is 9.28. The highest BCUT2D eigenvalue weighted by Crippen LogP contribution is 2.42. The molecule has 6 aromatic carbocycles. The van der Waals surface area contributed by atoms with Crippen molar-refractivity contribution in [1.82, 2.24) is 0 Å². The quantitative estimate of drug-likeness (QED) is 0.201. The fourth-order valence-electron chi connectivity index (χ4n) is 4.73. The molecule has 3 heteroatoms. The molecule has 6 aromatic rings. The van der Waals surface area contributed by atoms with Gasteiger partial charge in [0.25, 0.3) is 0 Å². The topological polar surface area (TPSA) is 15.3 Å². The highest BCUT2D eigenvalue weighted by atomic mass is 31.1. The predicted octanol–water partition coefficient (Wildman–Crippen LogP) is 9.82. The molecule has 1 atom stereocenters. The van der Waals surface area contributed by atoms with Crippen LogP contribution in [0.5, 0.6) is 0 Å². The van der Waals surface area contributed by atoms with Gasteiger partial charge in [0.05, 0.1) is 11.4 Å². The lowest BCUT2D eigenvalue weighted by Gasteiger charge is -2.28. The van der Waals surface area contributed by atoms with Crippen LogP contribution < -0.4 is 15.3 Å². The SMILES string of the molecule is c1ccc(Nc2ccccc2N(Pc2cc(-c3ccccc3)ccc2-c2ccccc2)c2ccccc2)cc1. The van der Waals surface area contributed by atoms with Crippen molar-refractivity contribution in [3.8, 4) is 22.3 Å². The number of nitrogens with zero attached hydrogens (tertiary/aromatic N) is 1. The highest BCUT2D eigenvalue weighted by Gasteiger charge is 2.17. The van der Waals surface area contributed by atoms with Crippen LogP contribution in [0.1, 0.15) is 0 Å². The van der Waals surface area contributed by atoms with E-state index in [1.165, 1.54) is 27.6 Å². The summed E-state index contributed by atoms with van der Waals surface area (Å²) >= 11 is 0. The zero-order chi connectivity index (χ0) is 26.3. The molecule has 0 spiro atoms. The van der Waals surface area contributed by atoms with Crippen LogP contribution in [0.3, 0.4) is 0 Å². The van der Waals surface area contributed by atoms with Gasteiger partial charge in [0, 0.05) is 25.4 Å². The van der Waals surface area contributed by atoms with E-state index >= 15 is 0 Å². The van der Waals surface area contributed by atoms with Crippen LogP contribution in [-0.4, -0.2) is 0 Å². The van der Waals surface area contributed by atoms with Crippen LogP contribution in [0.4, 0.5) is 22.7 Å². The lowest BCUT2D eigenvalue weighted by Crippen LogP contribution is -2.14. The van der Waals surface area contributed by atoms with Crippen LogP contribution in [0.15, 0.2) is 164 Å². The first kappa shape index (κ1) is 24.7. The average Bonchev–Trinajstić information content (AvgIpc) is 3.02. The number of nitrogens with one attached hydrogen (secondary N) is 1. The average molecular weight is 521 g/mol. The Morgan fingerprint density at radius 3 is 1.72 bits per heavy atom. The summed E-state index contributed by atoms with van der Waals surface area (Å²) in [5, 5.41) is 4.95. The molecule has 0 aliphatic heterocycles. The molecule has 0 radical (unpaired) electrons. The Hall–Kier alpha value is -4.65. The van der Waals surface area contributed by atoms with Crippen molar-refractivity contribution in [3.05, 3.63) is 164 Å². The largest absolute Gasteiger partial charge is 0.354 e. The third kappa shape index (κ3) is 5.77. The Balaban J connectivity index is 1.48. The standard InChI is InChI=1S/C36H29N2P/c1-5-15-28(16-6-1)30-25-26-33(29-17-7-2-8-18-29)36(27-30)39-38(32-21-11-4-12-22-32)35-24-14-13-23-34(35)37-31-19-9-3-10-20-31/h1-27,37,39H. The number of para-hydroxylation sites is 4. The third-order valence-electron chi connectivity index (χ3n) is 6.66. The molecule has 0 aromatic heterocycles. The van der Waals surface area contributed by atoms with Crippen LogP contribution >= 0.6 is 8.73 Å². The summed E-state index contributed by atoms with van der Waals surface area (Å²) in [6.45, 7) is 0. The molecule has 0 amide bonds. The second kappa shape index (κ2) is 11.8. The van der Waals surface area contributed by atoms with Crippen molar-refractivity contribution in [2.45, 2.75) is 0 Å². The molecule has 0 heterocycles. The molecule has 1 N–H and O–H groups in total. The van der Waals surface area contributed by atoms with Crippen LogP contribution in [0.25, 0.3) is 22.3 Å². The molecule has 0 bridgehead atoms. The number of hydrogen-bond acceptors (Lipinski definition) is 2. The molecule has 0 aliphatic carbocycles. The molecule has 39 heavy (non-hydrogen) atoms. The zero-order valence-corrected chi connectivity index (χ0v) is 22.5. The maximum absolute atomic E-state index is 3.65. The fraction of sp³-hybridized carbons (Fsp3) is 0. The Bertz CT molecular complexity index is 1640. The van der Waals surface area contributed by atoms with Gasteiger partial charge in [0.1, 0.15) is 0 Å². The fourth-order valence-corrected chi connectivity index (χ4v) is 6.13. The van der Waals surface area contributed by atoms with Gasteiger partial charge in [-0.15, -0.1) is 0 Å². The summed E-state index contributed by atoms with van der Waals surface area (Å²) in [5.41, 5.74) is 9.35. The van der Waals surface area contributed by atoms with Crippen LogP contribution in [-0.2, 0) is 0 Å². The van der Waals surface area contributed by atoms with E-state index in [9.17, 15) is 0 Å². The predicted molar refractivity (Wildman–Crippen MR) is 170 cm³/mol. The van der Waals surface area contributed by atoms with Gasteiger partial charge >= 0.3 is 0 Å². The Morgan fingerprint density at radius 2 is 1.03 bits per heavy atom. The number of anilines is 4. The highest BCUT2D eigenvalue weighted by molar-refractivity contribution is 7.50. The monoisotopic (exact) mass is 520 g/mol. The molecular weight excluding hydrogens is 491 g/mol. The molecule has 0 saturated heterocycles. The third-order valence-corrected chi connectivity index (χ3v) is 8.03. The van der Waals surface area contributed by atoms with Gasteiger partial charge in [0.2, 0.25) is 0 Å². The van der Waals surface area contributed by atoms with Crippen molar-refractivity contribution in [1.29, 1.82) is 0 Å². The van der Waals surface area contributed by atoms with E-state index in [1.54, 1.807) is 0 Å². The van der Waals surface area contributed by atoms with Gasteiger partial charge in [-0.05, 0) is 64.7 Å². The van der Waals surface area contributed by atoms with Gasteiger partial charge in [-0.1, -0.05) is 121 Å². The van der Waals surface area contributed by atoms with E-state index in [4.69, 9.17) is 0 Å². The summed E-state index contributed by atoms with van der Waals surface area (Å²) in [6, 6.07) is 57.8. The Morgan fingerprint density at radius 1 is 0.462 bits per heavy atom. The number of benzene rings is 6. The minimum Gasteiger partial charge on any atom is -0.354 e. The van der Waals surface area contributed by atoms with Gasteiger partial charge in [0.15, 0.2) is 0 Å². The summed E-state index contributed by atoms with van der Waals surface area (Å²) < 4.78 is 2.43. The van der Waals surface area contributed by atoms with E-state index in [1.807, 2.05) is 6.07 Å². The molecule has 0 aliphatic rings. The van der Waals surface area contributed by atoms with E-state index in [0.29, 0.717) is 8.73 Å².